The summed E-state index contributed by atoms with van der Waals surface area (Å²) in [6.07, 6.45) is 3.75. The predicted molar refractivity (Wildman–Crippen MR) is 98.4 cm³/mol. The van der Waals surface area contributed by atoms with Gasteiger partial charge in [-0.05, 0) is 60.4 Å². The highest BCUT2D eigenvalue weighted by molar-refractivity contribution is 6.30. The quantitative estimate of drug-likeness (QED) is 0.908. The molecule has 0 aliphatic carbocycles. The molecule has 2 heterocycles. The van der Waals surface area contributed by atoms with Crippen LogP contribution < -0.4 is 5.32 Å². The number of piperazine rings is 1. The van der Waals surface area contributed by atoms with Crippen LogP contribution in [0.5, 0.6) is 0 Å². The molecule has 124 valence electrons. The molecule has 1 atom stereocenters. The van der Waals surface area contributed by atoms with Crippen LogP contribution in [-0.2, 0) is 6.54 Å². The molecule has 1 N–H and O–H groups in total. The second kappa shape index (κ2) is 8.11. The van der Waals surface area contributed by atoms with E-state index < -0.39 is 0 Å². The van der Waals surface area contributed by atoms with E-state index in [-0.39, 0.29) is 12.4 Å². The van der Waals surface area contributed by atoms with Crippen molar-refractivity contribution < 1.29 is 0 Å². The van der Waals surface area contributed by atoms with E-state index in [2.05, 4.69) is 53.3 Å². The van der Waals surface area contributed by atoms with Gasteiger partial charge in [-0.1, -0.05) is 11.6 Å². The summed E-state index contributed by atoms with van der Waals surface area (Å²) in [5.41, 5.74) is 5.27. The van der Waals surface area contributed by atoms with Gasteiger partial charge in [0.1, 0.15) is 0 Å². The first-order chi connectivity index (χ1) is 10.6. The Morgan fingerprint density at radius 2 is 1.87 bits per heavy atom. The Morgan fingerprint density at radius 1 is 1.22 bits per heavy atom. The van der Waals surface area contributed by atoms with E-state index in [1.54, 1.807) is 0 Å². The van der Waals surface area contributed by atoms with Crippen molar-refractivity contribution in [2.45, 2.75) is 26.4 Å². The van der Waals surface area contributed by atoms with Gasteiger partial charge in [0.15, 0.2) is 0 Å². The largest absolute Gasteiger partial charge is 0.314 e. The number of nitrogens with zero attached hydrogens (tertiary/aromatic N) is 2. The number of pyridine rings is 1. The fourth-order valence-corrected chi connectivity index (χ4v) is 3.57. The lowest BCUT2D eigenvalue weighted by atomic mass is 9.99. The second-order valence-corrected chi connectivity index (χ2v) is 6.43. The predicted octanol–water partition coefficient (Wildman–Crippen LogP) is 3.92. The summed E-state index contributed by atoms with van der Waals surface area (Å²) in [6, 6.07) is 8.76. The van der Waals surface area contributed by atoms with E-state index in [0.29, 0.717) is 6.04 Å². The SMILES string of the molecule is Cc1cc(Cl)cc(C)c1CN1CCNCC1c1ccncc1.Cl. The van der Waals surface area contributed by atoms with Gasteiger partial charge in [-0.25, -0.2) is 0 Å². The summed E-state index contributed by atoms with van der Waals surface area (Å²) in [7, 11) is 0. The molecule has 1 aliphatic rings. The van der Waals surface area contributed by atoms with Gasteiger partial charge in [0.05, 0.1) is 0 Å². The van der Waals surface area contributed by atoms with Crippen LogP contribution in [0.2, 0.25) is 5.02 Å². The normalized spacial score (nSPS) is 18.5. The molecule has 1 aromatic heterocycles. The van der Waals surface area contributed by atoms with E-state index in [1.165, 1.54) is 22.3 Å². The van der Waals surface area contributed by atoms with Crippen molar-refractivity contribution in [2.75, 3.05) is 19.6 Å². The number of hydrogen-bond donors (Lipinski definition) is 1. The Balaban J connectivity index is 0.00000192. The number of benzene rings is 1. The summed E-state index contributed by atoms with van der Waals surface area (Å²) < 4.78 is 0. The van der Waals surface area contributed by atoms with Crippen LogP contribution in [0.1, 0.15) is 28.3 Å². The highest BCUT2D eigenvalue weighted by atomic mass is 35.5. The Morgan fingerprint density at radius 3 is 2.52 bits per heavy atom. The van der Waals surface area contributed by atoms with Crippen molar-refractivity contribution in [1.29, 1.82) is 0 Å². The van der Waals surface area contributed by atoms with Crippen LogP contribution in [0.25, 0.3) is 0 Å². The molecule has 0 saturated carbocycles. The van der Waals surface area contributed by atoms with Crippen LogP contribution in [0.15, 0.2) is 36.7 Å². The summed E-state index contributed by atoms with van der Waals surface area (Å²) in [6.45, 7) is 8.33. The van der Waals surface area contributed by atoms with Crippen molar-refractivity contribution in [3.05, 3.63) is 63.9 Å². The smallest absolute Gasteiger partial charge is 0.0477 e. The topological polar surface area (TPSA) is 28.2 Å². The van der Waals surface area contributed by atoms with E-state index in [0.717, 1.165) is 31.2 Å². The molecule has 1 aromatic carbocycles. The third-order valence-electron chi connectivity index (χ3n) is 4.47. The number of hydrogen-bond acceptors (Lipinski definition) is 3. The average Bonchev–Trinajstić information content (AvgIpc) is 2.52. The van der Waals surface area contributed by atoms with Gasteiger partial charge in [-0.2, -0.15) is 0 Å². The van der Waals surface area contributed by atoms with Crippen LogP contribution in [0.4, 0.5) is 0 Å². The molecular weight excluding hydrogens is 329 g/mol. The number of aryl methyl sites for hydroxylation is 2. The molecule has 3 nitrogen and oxygen atoms in total. The Bertz CT molecular complexity index is 623. The fourth-order valence-electron chi connectivity index (χ4n) is 3.24. The zero-order valence-electron chi connectivity index (χ0n) is 13.6. The Kier molecular flexibility index (Phi) is 6.42. The van der Waals surface area contributed by atoms with Gasteiger partial charge < -0.3 is 5.32 Å². The van der Waals surface area contributed by atoms with E-state index in [4.69, 9.17) is 11.6 Å². The molecule has 5 heteroatoms. The molecule has 1 saturated heterocycles. The minimum absolute atomic E-state index is 0. The lowest BCUT2D eigenvalue weighted by molar-refractivity contribution is 0.153. The molecular formula is C18H23Cl2N3. The van der Waals surface area contributed by atoms with E-state index in [1.807, 2.05) is 12.4 Å². The summed E-state index contributed by atoms with van der Waals surface area (Å²) in [4.78, 5) is 6.68. The van der Waals surface area contributed by atoms with Crippen LogP contribution in [0, 0.1) is 13.8 Å². The van der Waals surface area contributed by atoms with E-state index >= 15 is 0 Å². The maximum atomic E-state index is 6.16. The number of rotatable bonds is 3. The minimum atomic E-state index is 0. The molecule has 1 aliphatic heterocycles. The van der Waals surface area contributed by atoms with E-state index in [9.17, 15) is 0 Å². The average molecular weight is 352 g/mol. The zero-order chi connectivity index (χ0) is 15.5. The molecule has 1 fully saturated rings. The molecule has 0 spiro atoms. The zero-order valence-corrected chi connectivity index (χ0v) is 15.1. The highest BCUT2D eigenvalue weighted by Crippen LogP contribution is 2.27. The van der Waals surface area contributed by atoms with Crippen molar-refractivity contribution in [3.63, 3.8) is 0 Å². The molecule has 0 bridgehead atoms. The molecule has 1 unspecified atom stereocenters. The van der Waals surface area contributed by atoms with Crippen molar-refractivity contribution in [2.24, 2.45) is 0 Å². The third-order valence-corrected chi connectivity index (χ3v) is 4.69. The number of aromatic nitrogens is 1. The Labute approximate surface area is 149 Å². The first-order valence-corrected chi connectivity index (χ1v) is 8.13. The van der Waals surface area contributed by atoms with Gasteiger partial charge in [0.25, 0.3) is 0 Å². The molecule has 2 aromatic rings. The number of halogens is 2. The minimum Gasteiger partial charge on any atom is -0.314 e. The second-order valence-electron chi connectivity index (χ2n) is 5.99. The Hall–Kier alpha value is -1.13. The van der Waals surface area contributed by atoms with Crippen molar-refractivity contribution >= 4 is 24.0 Å². The van der Waals surface area contributed by atoms with Gasteiger partial charge in [0, 0.05) is 49.6 Å². The standard InChI is InChI=1S/C18H22ClN3.ClH/c1-13-9-16(19)10-14(2)17(13)12-22-8-7-21-11-18(22)15-3-5-20-6-4-15;/h3-6,9-10,18,21H,7-8,11-12H2,1-2H3;1H. The number of nitrogens with one attached hydrogen (secondary N) is 1. The van der Waals surface area contributed by atoms with Crippen LogP contribution >= 0.6 is 24.0 Å². The monoisotopic (exact) mass is 351 g/mol. The lowest BCUT2D eigenvalue weighted by Crippen LogP contribution is -2.45. The lowest BCUT2D eigenvalue weighted by Gasteiger charge is -2.37. The van der Waals surface area contributed by atoms with Crippen molar-refractivity contribution in [3.8, 4) is 0 Å². The first kappa shape index (κ1) is 18.2. The summed E-state index contributed by atoms with van der Waals surface area (Å²) in [5.74, 6) is 0. The fraction of sp³-hybridized carbons (Fsp3) is 0.389. The van der Waals surface area contributed by atoms with Gasteiger partial charge in [0.2, 0.25) is 0 Å². The first-order valence-electron chi connectivity index (χ1n) is 7.75. The highest BCUT2D eigenvalue weighted by Gasteiger charge is 2.24. The summed E-state index contributed by atoms with van der Waals surface area (Å²) >= 11 is 6.16. The molecule has 23 heavy (non-hydrogen) atoms. The van der Waals surface area contributed by atoms with Gasteiger partial charge >= 0.3 is 0 Å². The maximum absolute atomic E-state index is 6.16. The third kappa shape index (κ3) is 4.24. The maximum Gasteiger partial charge on any atom is 0.0477 e. The summed E-state index contributed by atoms with van der Waals surface area (Å²) in [5, 5.41) is 4.33. The molecule has 0 amide bonds. The van der Waals surface area contributed by atoms with Crippen LogP contribution in [-0.4, -0.2) is 29.5 Å². The van der Waals surface area contributed by atoms with Crippen molar-refractivity contribution in [1.82, 2.24) is 15.2 Å². The molecule has 0 radical (unpaired) electrons. The van der Waals surface area contributed by atoms with Gasteiger partial charge in [-0.3, -0.25) is 9.88 Å². The van der Waals surface area contributed by atoms with Crippen LogP contribution in [0.3, 0.4) is 0 Å². The molecule has 3 rings (SSSR count). The van der Waals surface area contributed by atoms with Gasteiger partial charge in [-0.15, -0.1) is 12.4 Å².